The average molecular weight is 325 g/mol. The minimum atomic E-state index is -0.355. The zero-order valence-electron chi connectivity index (χ0n) is 10.6. The molecule has 0 bridgehead atoms. The third kappa shape index (κ3) is 3.41. The summed E-state index contributed by atoms with van der Waals surface area (Å²) >= 11 is 3.30. The lowest BCUT2D eigenvalue weighted by atomic mass is 10.2. The highest BCUT2D eigenvalue weighted by Gasteiger charge is 2.09. The summed E-state index contributed by atoms with van der Waals surface area (Å²) in [6, 6.07) is 6.23. The SMILES string of the molecule is CC(C)c1nc(N)cc(Nc2cc(Br)ccc2F)n1. The Labute approximate surface area is 119 Å². The largest absolute Gasteiger partial charge is 0.384 e. The Morgan fingerprint density at radius 2 is 2.00 bits per heavy atom. The van der Waals surface area contributed by atoms with Crippen LogP contribution in [0.4, 0.5) is 21.7 Å². The summed E-state index contributed by atoms with van der Waals surface area (Å²) in [4.78, 5) is 8.45. The number of nitrogens with one attached hydrogen (secondary N) is 1. The average Bonchev–Trinajstić information content (AvgIpc) is 2.33. The van der Waals surface area contributed by atoms with Gasteiger partial charge in [-0.1, -0.05) is 29.8 Å². The van der Waals surface area contributed by atoms with Gasteiger partial charge < -0.3 is 11.1 Å². The zero-order chi connectivity index (χ0) is 14.0. The third-order valence-corrected chi connectivity index (χ3v) is 2.96. The quantitative estimate of drug-likeness (QED) is 0.900. The van der Waals surface area contributed by atoms with Crippen molar-refractivity contribution in [1.82, 2.24) is 9.97 Å². The first-order valence-electron chi connectivity index (χ1n) is 5.82. The Hall–Kier alpha value is -1.69. The maximum atomic E-state index is 13.7. The van der Waals surface area contributed by atoms with Crippen molar-refractivity contribution in [3.05, 3.63) is 40.4 Å². The van der Waals surface area contributed by atoms with Crippen LogP contribution in [0.1, 0.15) is 25.6 Å². The van der Waals surface area contributed by atoms with Gasteiger partial charge in [-0.25, -0.2) is 14.4 Å². The summed E-state index contributed by atoms with van der Waals surface area (Å²) < 4.78 is 14.4. The number of nitrogens with two attached hydrogens (primary N) is 1. The highest BCUT2D eigenvalue weighted by atomic mass is 79.9. The Kier molecular flexibility index (Phi) is 3.99. The van der Waals surface area contributed by atoms with E-state index in [1.807, 2.05) is 13.8 Å². The van der Waals surface area contributed by atoms with Crippen LogP contribution in [0.2, 0.25) is 0 Å². The van der Waals surface area contributed by atoms with Gasteiger partial charge in [0.2, 0.25) is 0 Å². The van der Waals surface area contributed by atoms with Crippen LogP contribution in [-0.2, 0) is 0 Å². The monoisotopic (exact) mass is 324 g/mol. The van der Waals surface area contributed by atoms with E-state index in [1.165, 1.54) is 6.07 Å². The number of aromatic nitrogens is 2. The number of hydrogen-bond acceptors (Lipinski definition) is 4. The van der Waals surface area contributed by atoms with Gasteiger partial charge in [0.05, 0.1) is 5.69 Å². The molecule has 3 N–H and O–H groups in total. The smallest absolute Gasteiger partial charge is 0.146 e. The molecule has 0 saturated carbocycles. The molecule has 100 valence electrons. The summed E-state index contributed by atoms with van der Waals surface area (Å²) in [5.74, 6) is 1.26. The van der Waals surface area contributed by atoms with Crippen LogP contribution in [0.5, 0.6) is 0 Å². The second-order valence-corrected chi connectivity index (χ2v) is 5.36. The topological polar surface area (TPSA) is 63.8 Å². The van der Waals surface area contributed by atoms with Crippen molar-refractivity contribution in [3.8, 4) is 0 Å². The lowest BCUT2D eigenvalue weighted by Gasteiger charge is -2.11. The van der Waals surface area contributed by atoms with E-state index in [0.717, 1.165) is 4.47 Å². The van der Waals surface area contributed by atoms with Gasteiger partial charge in [-0.2, -0.15) is 0 Å². The van der Waals surface area contributed by atoms with Crippen molar-refractivity contribution in [2.24, 2.45) is 0 Å². The predicted octanol–water partition coefficient (Wildman–Crippen LogP) is 3.83. The van der Waals surface area contributed by atoms with Gasteiger partial charge in [0, 0.05) is 16.5 Å². The molecule has 6 heteroatoms. The number of nitrogens with zero attached hydrogens (tertiary/aromatic N) is 2. The lowest BCUT2D eigenvalue weighted by Crippen LogP contribution is -2.05. The van der Waals surface area contributed by atoms with E-state index in [1.54, 1.807) is 18.2 Å². The molecule has 1 aromatic heterocycles. The normalized spacial score (nSPS) is 10.8. The fourth-order valence-corrected chi connectivity index (χ4v) is 1.90. The maximum absolute atomic E-state index is 13.7. The maximum Gasteiger partial charge on any atom is 0.146 e. The van der Waals surface area contributed by atoms with E-state index in [0.29, 0.717) is 23.1 Å². The van der Waals surface area contributed by atoms with Gasteiger partial charge in [0.25, 0.3) is 0 Å². The van der Waals surface area contributed by atoms with Gasteiger partial charge in [-0.15, -0.1) is 0 Å². The van der Waals surface area contributed by atoms with Crippen LogP contribution in [0, 0.1) is 5.82 Å². The molecule has 0 fully saturated rings. The van der Waals surface area contributed by atoms with Crippen molar-refractivity contribution in [2.45, 2.75) is 19.8 Å². The van der Waals surface area contributed by atoms with Gasteiger partial charge in [0.15, 0.2) is 0 Å². The first-order valence-corrected chi connectivity index (χ1v) is 6.61. The van der Waals surface area contributed by atoms with E-state index in [2.05, 4.69) is 31.2 Å². The highest BCUT2D eigenvalue weighted by Crippen LogP contribution is 2.24. The van der Waals surface area contributed by atoms with Crippen molar-refractivity contribution < 1.29 is 4.39 Å². The van der Waals surface area contributed by atoms with E-state index in [-0.39, 0.29) is 11.7 Å². The molecule has 0 amide bonds. The van der Waals surface area contributed by atoms with Crippen LogP contribution in [0.3, 0.4) is 0 Å². The summed E-state index contributed by atoms with van der Waals surface area (Å²) in [5.41, 5.74) is 6.06. The number of anilines is 3. The van der Waals surface area contributed by atoms with Crippen molar-refractivity contribution in [3.63, 3.8) is 0 Å². The molecule has 0 unspecified atom stereocenters. The van der Waals surface area contributed by atoms with Crippen LogP contribution < -0.4 is 11.1 Å². The van der Waals surface area contributed by atoms with Crippen LogP contribution in [0.15, 0.2) is 28.7 Å². The second-order valence-electron chi connectivity index (χ2n) is 4.44. The molecule has 0 radical (unpaired) electrons. The van der Waals surface area contributed by atoms with E-state index < -0.39 is 0 Å². The van der Waals surface area contributed by atoms with Crippen molar-refractivity contribution in [2.75, 3.05) is 11.1 Å². The number of rotatable bonds is 3. The molecule has 1 heterocycles. The standard InChI is InChI=1S/C13H14BrFN4/c1-7(2)13-18-11(16)6-12(19-13)17-10-5-8(14)3-4-9(10)15/h3-7H,1-2H3,(H3,16,17,18,19). The fourth-order valence-electron chi connectivity index (χ4n) is 1.54. The fraction of sp³-hybridized carbons (Fsp3) is 0.231. The van der Waals surface area contributed by atoms with Crippen LogP contribution in [-0.4, -0.2) is 9.97 Å². The van der Waals surface area contributed by atoms with Crippen molar-refractivity contribution >= 4 is 33.3 Å². The van der Waals surface area contributed by atoms with E-state index >= 15 is 0 Å². The Morgan fingerprint density at radius 1 is 1.26 bits per heavy atom. The first kappa shape index (κ1) is 13.7. The number of nitrogen functional groups attached to an aromatic ring is 1. The molecular formula is C13H14BrFN4. The molecular weight excluding hydrogens is 311 g/mol. The molecule has 1 aromatic carbocycles. The van der Waals surface area contributed by atoms with Crippen LogP contribution in [0.25, 0.3) is 0 Å². The minimum absolute atomic E-state index is 0.149. The molecule has 2 aromatic rings. The molecule has 0 aliphatic rings. The lowest BCUT2D eigenvalue weighted by molar-refractivity contribution is 0.631. The highest BCUT2D eigenvalue weighted by molar-refractivity contribution is 9.10. The summed E-state index contributed by atoms with van der Waals surface area (Å²) in [6.45, 7) is 3.94. The molecule has 0 saturated heterocycles. The van der Waals surface area contributed by atoms with Crippen LogP contribution >= 0.6 is 15.9 Å². The number of halogens is 2. The van der Waals surface area contributed by atoms with Gasteiger partial charge in [-0.05, 0) is 18.2 Å². The number of hydrogen-bond donors (Lipinski definition) is 2. The summed E-state index contributed by atoms with van der Waals surface area (Å²) in [5, 5.41) is 2.91. The Morgan fingerprint density at radius 3 is 2.68 bits per heavy atom. The molecule has 0 atom stereocenters. The number of benzene rings is 1. The minimum Gasteiger partial charge on any atom is -0.384 e. The Bertz CT molecular complexity index is 601. The zero-order valence-corrected chi connectivity index (χ0v) is 12.2. The van der Waals surface area contributed by atoms with E-state index in [9.17, 15) is 4.39 Å². The predicted molar refractivity (Wildman–Crippen MR) is 77.9 cm³/mol. The summed E-state index contributed by atoms with van der Waals surface area (Å²) in [7, 11) is 0. The molecule has 0 aliphatic heterocycles. The molecule has 4 nitrogen and oxygen atoms in total. The van der Waals surface area contributed by atoms with Gasteiger partial charge in [-0.3, -0.25) is 0 Å². The first-order chi connectivity index (χ1) is 8.95. The van der Waals surface area contributed by atoms with Gasteiger partial charge in [0.1, 0.15) is 23.3 Å². The third-order valence-electron chi connectivity index (χ3n) is 2.47. The molecule has 0 aliphatic carbocycles. The summed E-state index contributed by atoms with van der Waals surface area (Å²) in [6.07, 6.45) is 0. The molecule has 19 heavy (non-hydrogen) atoms. The van der Waals surface area contributed by atoms with Gasteiger partial charge >= 0.3 is 0 Å². The molecule has 2 rings (SSSR count). The van der Waals surface area contributed by atoms with Crippen molar-refractivity contribution in [1.29, 1.82) is 0 Å². The van der Waals surface area contributed by atoms with E-state index in [4.69, 9.17) is 5.73 Å². The second kappa shape index (κ2) is 5.52. The molecule has 0 spiro atoms. The Balaban J connectivity index is 2.35.